The average molecular weight is 274 g/mol. The molecule has 1 saturated heterocycles. The Morgan fingerprint density at radius 2 is 2.30 bits per heavy atom. The number of rotatable bonds is 3. The first kappa shape index (κ1) is 13.6. The molecule has 0 radical (unpaired) electrons. The Kier molecular flexibility index (Phi) is 3.30. The smallest absolute Gasteiger partial charge is 0.234 e. The first-order valence-electron chi connectivity index (χ1n) is 7.31. The van der Waals surface area contributed by atoms with Crippen molar-refractivity contribution in [1.29, 1.82) is 0 Å². The van der Waals surface area contributed by atoms with Crippen molar-refractivity contribution in [3.63, 3.8) is 0 Å². The van der Waals surface area contributed by atoms with E-state index in [1.54, 1.807) is 0 Å². The molecular weight excluding hydrogens is 252 g/mol. The summed E-state index contributed by atoms with van der Waals surface area (Å²) in [5.41, 5.74) is 8.87. The summed E-state index contributed by atoms with van der Waals surface area (Å²) < 4.78 is 5.65. The van der Waals surface area contributed by atoms with Crippen molar-refractivity contribution in [2.75, 3.05) is 11.9 Å². The Bertz CT molecular complexity index is 533. The summed E-state index contributed by atoms with van der Waals surface area (Å²) in [5.74, 6) is 0.0531. The van der Waals surface area contributed by atoms with Gasteiger partial charge in [0.25, 0.3) is 0 Å². The maximum atomic E-state index is 12.0. The summed E-state index contributed by atoms with van der Waals surface area (Å²) in [5, 5.41) is 2.92. The molecule has 1 fully saturated rings. The highest BCUT2D eigenvalue weighted by molar-refractivity contribution is 6.05. The van der Waals surface area contributed by atoms with E-state index < -0.39 is 5.41 Å². The van der Waals surface area contributed by atoms with Crippen LogP contribution in [0.25, 0.3) is 0 Å². The molecule has 3 rings (SSSR count). The van der Waals surface area contributed by atoms with Gasteiger partial charge in [0.05, 0.1) is 11.5 Å². The normalized spacial score (nSPS) is 25.4. The highest BCUT2D eigenvalue weighted by Crippen LogP contribution is 2.39. The van der Waals surface area contributed by atoms with Crippen molar-refractivity contribution >= 4 is 11.6 Å². The third-order valence-corrected chi connectivity index (χ3v) is 4.50. The van der Waals surface area contributed by atoms with E-state index in [2.05, 4.69) is 11.4 Å². The van der Waals surface area contributed by atoms with Gasteiger partial charge in [0.1, 0.15) is 0 Å². The van der Waals surface area contributed by atoms with Crippen molar-refractivity contribution in [3.8, 4) is 0 Å². The van der Waals surface area contributed by atoms with Crippen LogP contribution in [0.1, 0.15) is 50.3 Å². The second-order valence-electron chi connectivity index (χ2n) is 6.36. The van der Waals surface area contributed by atoms with Crippen LogP contribution in [0, 0.1) is 0 Å². The van der Waals surface area contributed by atoms with E-state index in [0.29, 0.717) is 0 Å². The van der Waals surface area contributed by atoms with Crippen LogP contribution in [0.15, 0.2) is 18.2 Å². The molecule has 1 amide bonds. The third kappa shape index (κ3) is 2.23. The predicted octanol–water partition coefficient (Wildman–Crippen LogP) is 2.49. The number of hydrogen-bond acceptors (Lipinski definition) is 3. The molecule has 0 aliphatic carbocycles. The molecule has 4 heteroatoms. The molecule has 2 unspecified atom stereocenters. The van der Waals surface area contributed by atoms with Crippen LogP contribution >= 0.6 is 0 Å². The van der Waals surface area contributed by atoms with Crippen molar-refractivity contribution < 1.29 is 9.53 Å². The topological polar surface area (TPSA) is 64.4 Å². The quantitative estimate of drug-likeness (QED) is 0.890. The maximum Gasteiger partial charge on any atom is 0.234 e. The van der Waals surface area contributed by atoms with Gasteiger partial charge in [0.15, 0.2) is 0 Å². The fourth-order valence-corrected chi connectivity index (χ4v) is 3.07. The van der Waals surface area contributed by atoms with Crippen molar-refractivity contribution in [2.24, 2.45) is 5.73 Å². The Morgan fingerprint density at radius 3 is 3.00 bits per heavy atom. The Morgan fingerprint density at radius 1 is 1.50 bits per heavy atom. The van der Waals surface area contributed by atoms with Crippen molar-refractivity contribution in [2.45, 2.75) is 50.7 Å². The van der Waals surface area contributed by atoms with Gasteiger partial charge in [-0.1, -0.05) is 12.1 Å². The fourth-order valence-electron chi connectivity index (χ4n) is 3.07. The molecule has 0 spiro atoms. The molecular formula is C16H22N2O2. The zero-order valence-corrected chi connectivity index (χ0v) is 12.1. The van der Waals surface area contributed by atoms with Gasteiger partial charge in [0, 0.05) is 18.3 Å². The minimum Gasteiger partial charge on any atom is -0.378 e. The van der Waals surface area contributed by atoms with Crippen LogP contribution in [-0.4, -0.2) is 18.6 Å². The van der Waals surface area contributed by atoms with E-state index >= 15 is 0 Å². The SMILES string of the molecule is CC1(C)C(=O)Nc2ccc(C(N)CC3CCCO3)cc21. The number of benzene rings is 1. The van der Waals surface area contributed by atoms with Gasteiger partial charge >= 0.3 is 0 Å². The standard InChI is InChI=1S/C16H22N2O2/c1-16(2)12-8-10(5-6-14(12)18-15(16)19)13(17)9-11-4-3-7-20-11/h5-6,8,11,13H,3-4,7,9,17H2,1-2H3,(H,18,19). The molecule has 0 bridgehead atoms. The first-order valence-corrected chi connectivity index (χ1v) is 7.31. The maximum absolute atomic E-state index is 12.0. The summed E-state index contributed by atoms with van der Waals surface area (Å²) >= 11 is 0. The number of ether oxygens (including phenoxy) is 1. The summed E-state index contributed by atoms with van der Waals surface area (Å²) in [6.07, 6.45) is 3.36. The number of amides is 1. The van der Waals surface area contributed by atoms with Crippen LogP contribution in [0.4, 0.5) is 5.69 Å². The fraction of sp³-hybridized carbons (Fsp3) is 0.562. The molecule has 0 saturated carbocycles. The average Bonchev–Trinajstić information content (AvgIpc) is 2.98. The third-order valence-electron chi connectivity index (χ3n) is 4.50. The molecule has 20 heavy (non-hydrogen) atoms. The monoisotopic (exact) mass is 274 g/mol. The number of nitrogens with two attached hydrogens (primary N) is 1. The van der Waals surface area contributed by atoms with E-state index in [9.17, 15) is 4.79 Å². The number of fused-ring (bicyclic) bond motifs is 1. The lowest BCUT2D eigenvalue weighted by Crippen LogP contribution is -2.27. The molecule has 0 aromatic heterocycles. The lowest BCUT2D eigenvalue weighted by molar-refractivity contribution is -0.119. The second kappa shape index (κ2) is 4.86. The summed E-state index contributed by atoms with van der Waals surface area (Å²) in [7, 11) is 0. The Hall–Kier alpha value is -1.39. The summed E-state index contributed by atoms with van der Waals surface area (Å²) in [4.78, 5) is 12.0. The lowest BCUT2D eigenvalue weighted by Gasteiger charge is -2.20. The largest absolute Gasteiger partial charge is 0.378 e. The van der Waals surface area contributed by atoms with Crippen LogP contribution in [0.3, 0.4) is 0 Å². The second-order valence-corrected chi connectivity index (χ2v) is 6.36. The lowest BCUT2D eigenvalue weighted by atomic mass is 9.84. The molecule has 2 aliphatic heterocycles. The Labute approximate surface area is 119 Å². The summed E-state index contributed by atoms with van der Waals surface area (Å²) in [6.45, 7) is 4.75. The number of nitrogens with one attached hydrogen (secondary N) is 1. The number of anilines is 1. The molecule has 2 atom stereocenters. The van der Waals surface area contributed by atoms with Gasteiger partial charge in [-0.25, -0.2) is 0 Å². The summed E-state index contributed by atoms with van der Waals surface area (Å²) in [6, 6.07) is 6.02. The number of carbonyl (C=O) groups is 1. The molecule has 2 aliphatic rings. The molecule has 3 N–H and O–H groups in total. The van der Waals surface area contributed by atoms with Gasteiger partial charge in [-0.05, 0) is 50.3 Å². The van der Waals surface area contributed by atoms with Crippen LogP contribution < -0.4 is 11.1 Å². The van der Waals surface area contributed by atoms with Gasteiger partial charge in [-0.15, -0.1) is 0 Å². The zero-order chi connectivity index (χ0) is 14.3. The number of carbonyl (C=O) groups excluding carboxylic acids is 1. The van der Waals surface area contributed by atoms with Crippen LogP contribution in [0.2, 0.25) is 0 Å². The molecule has 108 valence electrons. The molecule has 2 heterocycles. The van der Waals surface area contributed by atoms with Crippen LogP contribution in [0.5, 0.6) is 0 Å². The van der Waals surface area contributed by atoms with E-state index in [1.165, 1.54) is 0 Å². The Balaban J connectivity index is 1.82. The van der Waals surface area contributed by atoms with Gasteiger partial charge in [-0.2, -0.15) is 0 Å². The van der Waals surface area contributed by atoms with E-state index in [0.717, 1.165) is 42.7 Å². The zero-order valence-electron chi connectivity index (χ0n) is 12.1. The van der Waals surface area contributed by atoms with Crippen molar-refractivity contribution in [1.82, 2.24) is 0 Å². The van der Waals surface area contributed by atoms with Gasteiger partial charge in [-0.3, -0.25) is 4.79 Å². The van der Waals surface area contributed by atoms with E-state index in [1.807, 2.05) is 26.0 Å². The van der Waals surface area contributed by atoms with Crippen molar-refractivity contribution in [3.05, 3.63) is 29.3 Å². The van der Waals surface area contributed by atoms with Gasteiger partial charge < -0.3 is 15.8 Å². The highest BCUT2D eigenvalue weighted by Gasteiger charge is 2.38. The van der Waals surface area contributed by atoms with Gasteiger partial charge in [0.2, 0.25) is 5.91 Å². The first-order chi connectivity index (χ1) is 9.48. The van der Waals surface area contributed by atoms with E-state index in [-0.39, 0.29) is 18.1 Å². The minimum atomic E-state index is -0.477. The van der Waals surface area contributed by atoms with E-state index in [4.69, 9.17) is 10.5 Å². The molecule has 1 aromatic carbocycles. The predicted molar refractivity (Wildman–Crippen MR) is 78.6 cm³/mol. The minimum absolute atomic E-state index is 0.0325. The van der Waals surface area contributed by atoms with Crippen LogP contribution in [-0.2, 0) is 14.9 Å². The highest BCUT2D eigenvalue weighted by atomic mass is 16.5. The number of hydrogen-bond donors (Lipinski definition) is 2. The molecule has 1 aromatic rings. The molecule has 4 nitrogen and oxygen atoms in total.